The molecule has 0 saturated heterocycles. The number of allylic oxidation sites excluding steroid dienone is 2. The van der Waals surface area contributed by atoms with Crippen molar-refractivity contribution in [2.45, 2.75) is 57.4 Å². The third-order valence-corrected chi connectivity index (χ3v) is 7.61. The van der Waals surface area contributed by atoms with Crippen LogP contribution >= 0.6 is 0 Å². The first-order valence-electron chi connectivity index (χ1n) is 10.3. The zero-order chi connectivity index (χ0) is 20.0. The molecule has 0 aliphatic heterocycles. The molecule has 0 radical (unpaired) electrons. The van der Waals surface area contributed by atoms with Gasteiger partial charge in [0, 0.05) is 12.0 Å². The number of carboxylic acids is 1. The maximum atomic E-state index is 12.7. The second kappa shape index (κ2) is 11.7. The van der Waals surface area contributed by atoms with Gasteiger partial charge in [-0.3, -0.25) is 0 Å². The smallest absolute Gasteiger partial charge is 0.550 e. The second-order valence-corrected chi connectivity index (χ2v) is 10.0. The van der Waals surface area contributed by atoms with Crippen LogP contribution in [0.4, 0.5) is 0 Å². The van der Waals surface area contributed by atoms with E-state index in [9.17, 15) is 18.3 Å². The molecule has 0 aromatic heterocycles. The Labute approximate surface area is 196 Å². The van der Waals surface area contributed by atoms with Gasteiger partial charge in [-0.05, 0) is 74.7 Å². The topological polar surface area (TPSA) is 86.3 Å². The quantitative estimate of drug-likeness (QED) is 0.291. The Hall–Kier alpha value is -0.660. The van der Waals surface area contributed by atoms with E-state index in [0.717, 1.165) is 31.2 Å². The van der Waals surface area contributed by atoms with Crippen LogP contribution in [0.2, 0.25) is 0 Å². The molecule has 4 atom stereocenters. The Morgan fingerprint density at radius 2 is 1.86 bits per heavy atom. The molecule has 29 heavy (non-hydrogen) atoms. The molecule has 3 rings (SSSR count). The molecular weight excluding hydrogens is 397 g/mol. The molecule has 2 fully saturated rings. The minimum Gasteiger partial charge on any atom is -0.550 e. The summed E-state index contributed by atoms with van der Waals surface area (Å²) in [5.74, 6) is 0.512. The van der Waals surface area contributed by atoms with Gasteiger partial charge in [-0.15, -0.1) is 0 Å². The molecule has 0 spiro atoms. The van der Waals surface area contributed by atoms with Crippen molar-refractivity contribution in [2.24, 2.45) is 17.8 Å². The van der Waals surface area contributed by atoms with Crippen molar-refractivity contribution in [3.05, 3.63) is 48.0 Å². The number of fused-ring (bicyclic) bond motifs is 2. The number of hydrogen-bond donors (Lipinski definition) is 1. The Morgan fingerprint density at radius 1 is 1.14 bits per heavy atom. The number of aryl methyl sites for hydroxylation is 1. The summed E-state index contributed by atoms with van der Waals surface area (Å²) in [5, 5.41) is 10.4. The molecule has 0 amide bonds. The number of hydrogen-bond acceptors (Lipinski definition) is 4. The van der Waals surface area contributed by atoms with E-state index in [0.29, 0.717) is 30.6 Å². The number of benzene rings is 1. The van der Waals surface area contributed by atoms with E-state index >= 15 is 0 Å². The van der Waals surface area contributed by atoms with Crippen LogP contribution in [0, 0.1) is 17.8 Å². The van der Waals surface area contributed by atoms with Crippen LogP contribution in [0.25, 0.3) is 0 Å². The van der Waals surface area contributed by atoms with E-state index in [1.807, 2.05) is 36.4 Å². The van der Waals surface area contributed by atoms with Crippen LogP contribution in [0.1, 0.15) is 50.5 Å². The first-order chi connectivity index (χ1) is 13.4. The third-order valence-electron chi connectivity index (χ3n) is 6.23. The van der Waals surface area contributed by atoms with E-state index in [2.05, 4.69) is 10.8 Å². The van der Waals surface area contributed by atoms with Gasteiger partial charge in [0.15, 0.2) is 0 Å². The molecule has 2 aliphatic carbocycles. The molecule has 0 heterocycles. The van der Waals surface area contributed by atoms with Crippen molar-refractivity contribution in [1.82, 2.24) is 4.72 Å². The number of aliphatic carboxylic acids is 1. The number of rotatable bonds is 11. The van der Waals surface area contributed by atoms with Crippen molar-refractivity contribution in [3.63, 3.8) is 0 Å². The van der Waals surface area contributed by atoms with Gasteiger partial charge in [0.25, 0.3) is 0 Å². The Kier molecular flexibility index (Phi) is 9.89. The summed E-state index contributed by atoms with van der Waals surface area (Å²) >= 11 is 0. The first kappa shape index (κ1) is 24.6. The average Bonchev–Trinajstić information content (AvgIpc) is 3.26. The molecule has 5 nitrogen and oxygen atoms in total. The van der Waals surface area contributed by atoms with Crippen molar-refractivity contribution in [1.29, 1.82) is 0 Å². The van der Waals surface area contributed by atoms with Crippen molar-refractivity contribution in [2.75, 3.05) is 5.75 Å². The van der Waals surface area contributed by atoms with Gasteiger partial charge < -0.3 is 9.90 Å². The van der Waals surface area contributed by atoms with E-state index in [-0.39, 0.29) is 47.8 Å². The molecule has 2 bridgehead atoms. The summed E-state index contributed by atoms with van der Waals surface area (Å²) in [5.41, 5.74) is 1.04. The standard InChI is InChI=1S/C22H31NO4S.Na/c24-21(25)11-7-2-1-6-10-20-18-12-13-19(16-18)22(20)23-28(26,27)15-14-17-8-4-3-5-9-17;/h1,3-6,8-9,18-20,22-23H,2,7,10-16H2,(H,24,25);/q;+1/p-1/b6-1-;/t18-,19?,20+,22+;/m1./s1. The van der Waals surface area contributed by atoms with E-state index in [1.54, 1.807) is 0 Å². The van der Waals surface area contributed by atoms with Crippen LogP contribution in [0.5, 0.6) is 0 Å². The van der Waals surface area contributed by atoms with Crippen LogP contribution in [-0.2, 0) is 21.2 Å². The van der Waals surface area contributed by atoms with Gasteiger partial charge in [0.1, 0.15) is 0 Å². The minimum absolute atomic E-state index is 0. The number of carboxylic acid groups (broad SMARTS) is 1. The number of carbonyl (C=O) groups is 1. The molecule has 1 aromatic carbocycles. The predicted molar refractivity (Wildman–Crippen MR) is 108 cm³/mol. The van der Waals surface area contributed by atoms with Crippen LogP contribution in [-0.4, -0.2) is 26.2 Å². The number of sulfonamides is 1. The predicted octanol–water partition coefficient (Wildman–Crippen LogP) is -0.566. The molecule has 154 valence electrons. The molecule has 7 heteroatoms. The summed E-state index contributed by atoms with van der Waals surface area (Å²) in [6.45, 7) is 0. The van der Waals surface area contributed by atoms with Gasteiger partial charge in [-0.2, -0.15) is 0 Å². The van der Waals surface area contributed by atoms with E-state index in [1.165, 1.54) is 6.42 Å². The minimum atomic E-state index is -3.31. The summed E-state index contributed by atoms with van der Waals surface area (Å²) in [6.07, 6.45) is 10.3. The average molecular weight is 428 g/mol. The van der Waals surface area contributed by atoms with Crippen LogP contribution in [0.3, 0.4) is 0 Å². The van der Waals surface area contributed by atoms with Gasteiger partial charge in [0.2, 0.25) is 10.0 Å². The number of unbranched alkanes of at least 4 members (excludes halogenated alkanes) is 1. The van der Waals surface area contributed by atoms with Crippen LogP contribution < -0.4 is 39.4 Å². The summed E-state index contributed by atoms with van der Waals surface area (Å²) in [6, 6.07) is 9.75. The molecule has 1 aromatic rings. The van der Waals surface area contributed by atoms with Gasteiger partial charge in [-0.25, -0.2) is 13.1 Å². The zero-order valence-corrected chi connectivity index (χ0v) is 20.1. The largest absolute Gasteiger partial charge is 1.00 e. The molecule has 1 unspecified atom stereocenters. The molecule has 2 aliphatic rings. The fourth-order valence-corrected chi connectivity index (χ4v) is 6.24. The summed E-state index contributed by atoms with van der Waals surface area (Å²) < 4.78 is 28.4. The normalized spacial score (nSPS) is 25.9. The van der Waals surface area contributed by atoms with Crippen LogP contribution in [0.15, 0.2) is 42.5 Å². The van der Waals surface area contributed by atoms with Gasteiger partial charge in [0.05, 0.1) is 5.75 Å². The fourth-order valence-electron chi connectivity index (χ4n) is 4.83. The van der Waals surface area contributed by atoms with E-state index < -0.39 is 16.0 Å². The maximum Gasteiger partial charge on any atom is 1.00 e. The maximum absolute atomic E-state index is 12.7. The van der Waals surface area contributed by atoms with Crippen molar-refractivity contribution >= 4 is 16.0 Å². The molecule has 1 N–H and O–H groups in total. The number of nitrogens with one attached hydrogen (secondary N) is 1. The first-order valence-corrected chi connectivity index (χ1v) is 12.0. The van der Waals surface area contributed by atoms with E-state index in [4.69, 9.17) is 0 Å². The van der Waals surface area contributed by atoms with Crippen molar-refractivity contribution < 1.29 is 47.9 Å². The Bertz CT molecular complexity index is 781. The fraction of sp³-hybridized carbons (Fsp3) is 0.591. The third kappa shape index (κ3) is 7.51. The monoisotopic (exact) mass is 427 g/mol. The Morgan fingerprint density at radius 3 is 2.59 bits per heavy atom. The summed E-state index contributed by atoms with van der Waals surface area (Å²) in [7, 11) is -3.31. The number of carbonyl (C=O) groups excluding carboxylic acids is 1. The Balaban J connectivity index is 0.00000300. The zero-order valence-electron chi connectivity index (χ0n) is 17.3. The summed E-state index contributed by atoms with van der Waals surface area (Å²) in [4.78, 5) is 10.4. The SMILES string of the molecule is O=C([O-])CCC/C=C\C[C@H]1[C@@H]2CCC(C2)[C@@H]1NS(=O)(=O)CCc1ccccc1.[Na+]. The van der Waals surface area contributed by atoms with Crippen molar-refractivity contribution in [3.8, 4) is 0 Å². The molecule has 2 saturated carbocycles. The van der Waals surface area contributed by atoms with Gasteiger partial charge >= 0.3 is 29.6 Å². The second-order valence-electron chi connectivity index (χ2n) is 8.17. The molecular formula is C22H30NNaO4S. The van der Waals surface area contributed by atoms with Gasteiger partial charge in [-0.1, -0.05) is 42.5 Å².